The number of rotatable bonds is 5. The summed E-state index contributed by atoms with van der Waals surface area (Å²) in [6.45, 7) is 1.95. The number of benzene rings is 2. The third-order valence-electron chi connectivity index (χ3n) is 5.80. The van der Waals surface area contributed by atoms with Crippen molar-refractivity contribution in [1.82, 2.24) is 4.90 Å². The van der Waals surface area contributed by atoms with Crippen LogP contribution in [0.4, 0.5) is 0 Å². The summed E-state index contributed by atoms with van der Waals surface area (Å²) in [6, 6.07) is 16.5. The number of carbonyl (C=O) groups is 1. The van der Waals surface area contributed by atoms with Gasteiger partial charge in [0.1, 0.15) is 5.75 Å². The van der Waals surface area contributed by atoms with E-state index in [1.54, 1.807) is 6.07 Å². The van der Waals surface area contributed by atoms with Gasteiger partial charge < -0.3 is 10.0 Å². The zero-order chi connectivity index (χ0) is 18.5. The molecule has 26 heavy (non-hydrogen) atoms. The average Bonchev–Trinajstić information content (AvgIpc) is 2.68. The molecule has 0 unspecified atom stereocenters. The summed E-state index contributed by atoms with van der Waals surface area (Å²) in [4.78, 5) is 14.5. The molecule has 1 aliphatic carbocycles. The van der Waals surface area contributed by atoms with Gasteiger partial charge in [0.2, 0.25) is 5.91 Å². The second kappa shape index (κ2) is 8.39. The molecule has 0 saturated heterocycles. The van der Waals surface area contributed by atoms with E-state index in [1.807, 2.05) is 43.1 Å². The van der Waals surface area contributed by atoms with Crippen molar-refractivity contribution in [2.45, 2.75) is 57.4 Å². The predicted octanol–water partition coefficient (Wildman–Crippen LogP) is 4.82. The highest BCUT2D eigenvalue weighted by atomic mass is 16.3. The Morgan fingerprint density at radius 2 is 1.77 bits per heavy atom. The van der Waals surface area contributed by atoms with Crippen molar-refractivity contribution in [1.29, 1.82) is 0 Å². The number of amides is 1. The number of phenols is 1. The van der Waals surface area contributed by atoms with Gasteiger partial charge in [-0.05, 0) is 67.7 Å². The van der Waals surface area contributed by atoms with Crippen LogP contribution in [0.1, 0.15) is 54.7 Å². The lowest BCUT2D eigenvalue weighted by Gasteiger charge is -2.35. The molecule has 0 aliphatic heterocycles. The predicted molar refractivity (Wildman–Crippen MR) is 105 cm³/mol. The number of phenolic OH excluding ortho intramolecular Hbond substituents is 1. The molecule has 1 saturated carbocycles. The Morgan fingerprint density at radius 1 is 1.08 bits per heavy atom. The zero-order valence-electron chi connectivity index (χ0n) is 15.8. The number of aromatic hydroxyl groups is 1. The van der Waals surface area contributed by atoms with Gasteiger partial charge in [-0.15, -0.1) is 0 Å². The molecule has 0 spiro atoms. The normalized spacial score (nSPS) is 19.9. The standard InChI is InChI=1S/C23H29NO2/c1-17-16-20(11-14-22(17)25)19-9-12-21(13-10-19)24(2)23(26)15-8-18-6-4-3-5-7-18/h3-7,11,14,16,19,21,25H,8-10,12-13,15H2,1-2H3. The van der Waals surface area contributed by atoms with Crippen LogP contribution in [0.3, 0.4) is 0 Å². The van der Waals surface area contributed by atoms with Crippen LogP contribution in [0.15, 0.2) is 48.5 Å². The van der Waals surface area contributed by atoms with Crippen molar-refractivity contribution in [2.24, 2.45) is 0 Å². The molecule has 3 heteroatoms. The van der Waals surface area contributed by atoms with E-state index in [0.29, 0.717) is 24.1 Å². The molecule has 0 aromatic heterocycles. The maximum atomic E-state index is 12.5. The minimum atomic E-state index is 0.248. The molecular weight excluding hydrogens is 322 g/mol. The van der Waals surface area contributed by atoms with E-state index in [0.717, 1.165) is 37.7 Å². The second-order valence-electron chi connectivity index (χ2n) is 7.54. The van der Waals surface area contributed by atoms with Crippen LogP contribution in [0.25, 0.3) is 0 Å². The topological polar surface area (TPSA) is 40.5 Å². The van der Waals surface area contributed by atoms with Crippen LogP contribution in [0.5, 0.6) is 5.75 Å². The van der Waals surface area contributed by atoms with Crippen molar-refractivity contribution in [3.05, 3.63) is 65.2 Å². The van der Waals surface area contributed by atoms with E-state index in [1.165, 1.54) is 11.1 Å². The first-order valence-electron chi connectivity index (χ1n) is 9.63. The number of carbonyl (C=O) groups excluding carboxylic acids is 1. The fourth-order valence-electron chi connectivity index (χ4n) is 4.00. The Morgan fingerprint density at radius 3 is 2.42 bits per heavy atom. The van der Waals surface area contributed by atoms with Crippen molar-refractivity contribution in [2.75, 3.05) is 7.05 Å². The maximum absolute atomic E-state index is 12.5. The molecule has 138 valence electrons. The van der Waals surface area contributed by atoms with Crippen molar-refractivity contribution in [3.8, 4) is 5.75 Å². The quantitative estimate of drug-likeness (QED) is 0.839. The molecule has 0 radical (unpaired) electrons. The maximum Gasteiger partial charge on any atom is 0.222 e. The highest BCUT2D eigenvalue weighted by molar-refractivity contribution is 5.76. The molecule has 3 rings (SSSR count). The Balaban J connectivity index is 1.50. The van der Waals surface area contributed by atoms with Gasteiger partial charge in [0, 0.05) is 19.5 Å². The van der Waals surface area contributed by atoms with Crippen molar-refractivity contribution < 1.29 is 9.90 Å². The first kappa shape index (κ1) is 18.5. The Bertz CT molecular complexity index is 733. The van der Waals surface area contributed by atoms with Crippen LogP contribution in [0.2, 0.25) is 0 Å². The van der Waals surface area contributed by atoms with E-state index in [2.05, 4.69) is 18.2 Å². The summed E-state index contributed by atoms with van der Waals surface area (Å²) in [5.74, 6) is 1.15. The van der Waals surface area contributed by atoms with Gasteiger partial charge >= 0.3 is 0 Å². The van der Waals surface area contributed by atoms with E-state index in [9.17, 15) is 9.90 Å². The summed E-state index contributed by atoms with van der Waals surface area (Å²) in [6.07, 6.45) is 5.70. The van der Waals surface area contributed by atoms with E-state index >= 15 is 0 Å². The minimum Gasteiger partial charge on any atom is -0.508 e. The molecular formula is C23H29NO2. The van der Waals surface area contributed by atoms with Crippen molar-refractivity contribution >= 4 is 5.91 Å². The van der Waals surface area contributed by atoms with Gasteiger partial charge in [-0.3, -0.25) is 4.79 Å². The minimum absolute atomic E-state index is 0.248. The molecule has 2 aromatic carbocycles. The fraction of sp³-hybridized carbons (Fsp3) is 0.435. The Labute approximate surface area is 156 Å². The van der Waals surface area contributed by atoms with E-state index in [4.69, 9.17) is 0 Å². The van der Waals surface area contributed by atoms with E-state index in [-0.39, 0.29) is 5.91 Å². The molecule has 1 aliphatic rings. The highest BCUT2D eigenvalue weighted by Gasteiger charge is 2.27. The Kier molecular flexibility index (Phi) is 5.97. The molecule has 1 amide bonds. The zero-order valence-corrected chi connectivity index (χ0v) is 15.8. The number of nitrogens with zero attached hydrogens (tertiary/aromatic N) is 1. The lowest BCUT2D eigenvalue weighted by atomic mass is 9.81. The highest BCUT2D eigenvalue weighted by Crippen LogP contribution is 2.36. The van der Waals surface area contributed by atoms with Crippen LogP contribution in [-0.2, 0) is 11.2 Å². The summed E-state index contributed by atoms with van der Waals surface area (Å²) in [7, 11) is 1.96. The molecule has 0 atom stereocenters. The van der Waals surface area contributed by atoms with Gasteiger partial charge in [0.25, 0.3) is 0 Å². The van der Waals surface area contributed by atoms with Gasteiger partial charge in [-0.1, -0.05) is 42.5 Å². The van der Waals surface area contributed by atoms with E-state index < -0.39 is 0 Å². The van der Waals surface area contributed by atoms with Crippen LogP contribution < -0.4 is 0 Å². The smallest absolute Gasteiger partial charge is 0.222 e. The van der Waals surface area contributed by atoms with Gasteiger partial charge in [-0.2, -0.15) is 0 Å². The van der Waals surface area contributed by atoms with Crippen LogP contribution in [0, 0.1) is 6.92 Å². The number of aryl methyl sites for hydroxylation is 2. The fourth-order valence-corrected chi connectivity index (χ4v) is 4.00. The Hall–Kier alpha value is -2.29. The third-order valence-corrected chi connectivity index (χ3v) is 5.80. The van der Waals surface area contributed by atoms with Gasteiger partial charge in [-0.25, -0.2) is 0 Å². The summed E-state index contributed by atoms with van der Waals surface area (Å²) >= 11 is 0. The lowest BCUT2D eigenvalue weighted by molar-refractivity contribution is -0.132. The molecule has 3 nitrogen and oxygen atoms in total. The molecule has 1 fully saturated rings. The largest absolute Gasteiger partial charge is 0.508 e. The molecule has 0 heterocycles. The number of hydrogen-bond acceptors (Lipinski definition) is 2. The SMILES string of the molecule is Cc1cc(C2CCC(N(C)C(=O)CCc3ccccc3)CC2)ccc1O. The monoisotopic (exact) mass is 351 g/mol. The van der Waals surface area contributed by atoms with Crippen molar-refractivity contribution in [3.63, 3.8) is 0 Å². The lowest BCUT2D eigenvalue weighted by Crippen LogP contribution is -2.39. The second-order valence-corrected chi connectivity index (χ2v) is 7.54. The molecule has 0 bridgehead atoms. The first-order chi connectivity index (χ1) is 12.5. The summed E-state index contributed by atoms with van der Waals surface area (Å²) < 4.78 is 0. The van der Waals surface area contributed by atoms with Gasteiger partial charge in [0.15, 0.2) is 0 Å². The first-order valence-corrected chi connectivity index (χ1v) is 9.63. The summed E-state index contributed by atoms with van der Waals surface area (Å²) in [5, 5.41) is 9.71. The molecule has 2 aromatic rings. The van der Waals surface area contributed by atoms with Gasteiger partial charge in [0.05, 0.1) is 0 Å². The third kappa shape index (κ3) is 4.46. The molecule has 1 N–H and O–H groups in total. The summed E-state index contributed by atoms with van der Waals surface area (Å²) in [5.41, 5.74) is 3.48. The number of hydrogen-bond donors (Lipinski definition) is 1. The average molecular weight is 351 g/mol. The van der Waals surface area contributed by atoms with Crippen LogP contribution in [-0.4, -0.2) is 29.0 Å². The van der Waals surface area contributed by atoms with Crippen LogP contribution >= 0.6 is 0 Å².